The van der Waals surface area contributed by atoms with Crippen molar-refractivity contribution in [3.63, 3.8) is 0 Å². The van der Waals surface area contributed by atoms with Crippen molar-refractivity contribution in [3.8, 4) is 11.1 Å². The summed E-state index contributed by atoms with van der Waals surface area (Å²) in [7, 11) is 0. The summed E-state index contributed by atoms with van der Waals surface area (Å²) in [6.45, 7) is 0. The molecule has 0 saturated carbocycles. The summed E-state index contributed by atoms with van der Waals surface area (Å²) in [5.74, 6) is -1.93. The van der Waals surface area contributed by atoms with Gasteiger partial charge in [0.05, 0.1) is 6.42 Å². The lowest BCUT2D eigenvalue weighted by molar-refractivity contribution is -0.128. The monoisotopic (exact) mass is 274 g/mol. The first-order valence-corrected chi connectivity index (χ1v) is 6.07. The lowest BCUT2D eigenvalue weighted by atomic mass is 10.0. The molecule has 0 radical (unpaired) electrons. The van der Waals surface area contributed by atoms with Gasteiger partial charge >= 0.3 is 0 Å². The van der Waals surface area contributed by atoms with E-state index in [1.165, 1.54) is 0 Å². The van der Waals surface area contributed by atoms with E-state index >= 15 is 0 Å². The first kappa shape index (κ1) is 14.1. The maximum absolute atomic E-state index is 12.1. The van der Waals surface area contributed by atoms with Crippen molar-refractivity contribution >= 4 is 11.6 Å². The van der Waals surface area contributed by atoms with Gasteiger partial charge in [-0.3, -0.25) is 9.59 Å². The van der Waals surface area contributed by atoms with E-state index in [4.69, 9.17) is 0 Å². The zero-order valence-corrected chi connectivity index (χ0v) is 10.6. The number of hydrogen-bond acceptors (Lipinski definition) is 2. The van der Waals surface area contributed by atoms with Crippen LogP contribution in [0, 0.1) is 0 Å². The molecule has 2 aromatic carbocycles. The Hall–Kier alpha value is -2.36. The summed E-state index contributed by atoms with van der Waals surface area (Å²) < 4.78 is 24.2. The molecule has 0 aliphatic heterocycles. The molecule has 0 atom stereocenters. The summed E-state index contributed by atoms with van der Waals surface area (Å²) in [5, 5.41) is 0. The highest BCUT2D eigenvalue weighted by Gasteiger charge is 2.19. The highest BCUT2D eigenvalue weighted by Crippen LogP contribution is 2.19. The van der Waals surface area contributed by atoms with E-state index in [1.54, 1.807) is 24.3 Å². The van der Waals surface area contributed by atoms with E-state index < -0.39 is 24.4 Å². The van der Waals surface area contributed by atoms with Gasteiger partial charge in [0.1, 0.15) is 0 Å². The van der Waals surface area contributed by atoms with Crippen molar-refractivity contribution in [3.05, 3.63) is 60.2 Å². The summed E-state index contributed by atoms with van der Waals surface area (Å²) in [6.07, 6.45) is -3.86. The predicted octanol–water partition coefficient (Wildman–Crippen LogP) is 3.76. The van der Waals surface area contributed by atoms with E-state index in [1.807, 2.05) is 30.3 Å². The number of ketones is 2. The molecule has 2 nitrogen and oxygen atoms in total. The van der Waals surface area contributed by atoms with Crippen LogP contribution >= 0.6 is 0 Å². The average Bonchev–Trinajstić information content (AvgIpc) is 2.48. The quantitative estimate of drug-likeness (QED) is 0.614. The normalized spacial score (nSPS) is 10.6. The molecule has 0 aromatic heterocycles. The Kier molecular flexibility index (Phi) is 4.35. The molecule has 0 saturated heterocycles. The number of hydrogen-bond donors (Lipinski definition) is 0. The fourth-order valence-corrected chi connectivity index (χ4v) is 1.82. The van der Waals surface area contributed by atoms with Crippen LogP contribution in [0.2, 0.25) is 0 Å². The van der Waals surface area contributed by atoms with Gasteiger partial charge in [0.25, 0.3) is 6.43 Å². The molecule has 0 amide bonds. The molecule has 0 aliphatic rings. The van der Waals surface area contributed by atoms with Gasteiger partial charge in [0, 0.05) is 5.56 Å². The zero-order valence-electron chi connectivity index (χ0n) is 10.6. The number of alkyl halides is 2. The van der Waals surface area contributed by atoms with Gasteiger partial charge < -0.3 is 0 Å². The second-order valence-corrected chi connectivity index (χ2v) is 4.31. The van der Waals surface area contributed by atoms with Gasteiger partial charge in [-0.1, -0.05) is 54.6 Å². The Labute approximate surface area is 115 Å². The summed E-state index contributed by atoms with van der Waals surface area (Å²) >= 11 is 0. The van der Waals surface area contributed by atoms with Gasteiger partial charge in [0.15, 0.2) is 5.78 Å². The number of Topliss-reactive ketones (excluding diaryl/α,β-unsaturated/α-hetero) is 2. The minimum atomic E-state index is -3.09. The molecule has 0 heterocycles. The van der Waals surface area contributed by atoms with E-state index in [2.05, 4.69) is 0 Å². The van der Waals surface area contributed by atoms with Crippen molar-refractivity contribution in [1.82, 2.24) is 0 Å². The SMILES string of the molecule is O=C(CC(=O)C(F)F)c1ccc(-c2ccccc2)cc1. The highest BCUT2D eigenvalue weighted by molar-refractivity contribution is 6.08. The number of benzene rings is 2. The highest BCUT2D eigenvalue weighted by atomic mass is 19.3. The van der Waals surface area contributed by atoms with Crippen LogP contribution in [0.25, 0.3) is 11.1 Å². The summed E-state index contributed by atoms with van der Waals surface area (Å²) in [5.41, 5.74) is 2.18. The molecule has 0 aliphatic carbocycles. The van der Waals surface area contributed by atoms with Gasteiger partial charge in [0.2, 0.25) is 5.78 Å². The van der Waals surface area contributed by atoms with Crippen LogP contribution in [0.4, 0.5) is 8.78 Å². The standard InChI is InChI=1S/C16H12F2O2/c17-16(18)15(20)10-14(19)13-8-6-12(7-9-13)11-4-2-1-3-5-11/h1-9,16H,10H2. The molecular formula is C16H12F2O2. The molecule has 0 N–H and O–H groups in total. The van der Waals surface area contributed by atoms with Gasteiger partial charge in [-0.05, 0) is 11.1 Å². The third kappa shape index (κ3) is 3.35. The minimum absolute atomic E-state index is 0.263. The third-order valence-electron chi connectivity index (χ3n) is 2.89. The molecule has 2 rings (SSSR count). The molecule has 2 aromatic rings. The molecule has 20 heavy (non-hydrogen) atoms. The number of carbonyl (C=O) groups is 2. The third-order valence-corrected chi connectivity index (χ3v) is 2.89. The van der Waals surface area contributed by atoms with Crippen LogP contribution in [0.1, 0.15) is 16.8 Å². The Balaban J connectivity index is 2.12. The zero-order chi connectivity index (χ0) is 14.5. The summed E-state index contributed by atoms with van der Waals surface area (Å²) in [6, 6.07) is 16.1. The van der Waals surface area contributed by atoms with Crippen molar-refractivity contribution in [2.75, 3.05) is 0 Å². The lowest BCUT2D eigenvalue weighted by Gasteiger charge is -2.04. The molecule has 102 valence electrons. The smallest absolute Gasteiger partial charge is 0.294 e. The van der Waals surface area contributed by atoms with Crippen molar-refractivity contribution in [2.24, 2.45) is 0 Å². The first-order valence-electron chi connectivity index (χ1n) is 6.07. The Morgan fingerprint density at radius 3 is 1.95 bits per heavy atom. The second kappa shape index (κ2) is 6.19. The molecule has 0 spiro atoms. The Bertz CT molecular complexity index is 604. The van der Waals surface area contributed by atoms with Gasteiger partial charge in [-0.2, -0.15) is 0 Å². The molecule has 0 bridgehead atoms. The lowest BCUT2D eigenvalue weighted by Crippen LogP contribution is -2.15. The van der Waals surface area contributed by atoms with E-state index in [-0.39, 0.29) is 5.56 Å². The maximum Gasteiger partial charge on any atom is 0.296 e. The van der Waals surface area contributed by atoms with Crippen LogP contribution < -0.4 is 0 Å². The molecule has 0 unspecified atom stereocenters. The maximum atomic E-state index is 12.1. The van der Waals surface area contributed by atoms with Crippen LogP contribution in [0.5, 0.6) is 0 Å². The number of carbonyl (C=O) groups excluding carboxylic acids is 2. The second-order valence-electron chi connectivity index (χ2n) is 4.31. The van der Waals surface area contributed by atoms with E-state index in [9.17, 15) is 18.4 Å². The number of rotatable bonds is 5. The first-order chi connectivity index (χ1) is 9.58. The fourth-order valence-electron chi connectivity index (χ4n) is 1.82. The number of halogens is 2. The topological polar surface area (TPSA) is 34.1 Å². The van der Waals surface area contributed by atoms with Crippen LogP contribution in [0.15, 0.2) is 54.6 Å². The molecule has 0 fully saturated rings. The summed E-state index contributed by atoms with van der Waals surface area (Å²) in [4.78, 5) is 22.5. The van der Waals surface area contributed by atoms with Crippen molar-refractivity contribution in [1.29, 1.82) is 0 Å². The molecular weight excluding hydrogens is 262 g/mol. The minimum Gasteiger partial charge on any atom is -0.294 e. The Morgan fingerprint density at radius 2 is 1.40 bits per heavy atom. The van der Waals surface area contributed by atoms with Crippen LogP contribution in [-0.2, 0) is 4.79 Å². The predicted molar refractivity (Wildman–Crippen MR) is 71.8 cm³/mol. The van der Waals surface area contributed by atoms with E-state index in [0.29, 0.717) is 0 Å². The largest absolute Gasteiger partial charge is 0.296 e. The van der Waals surface area contributed by atoms with Gasteiger partial charge in [-0.25, -0.2) is 8.78 Å². The van der Waals surface area contributed by atoms with Crippen molar-refractivity contribution in [2.45, 2.75) is 12.8 Å². The molecule has 4 heteroatoms. The Morgan fingerprint density at radius 1 is 0.850 bits per heavy atom. The van der Waals surface area contributed by atoms with Crippen molar-refractivity contribution < 1.29 is 18.4 Å². The van der Waals surface area contributed by atoms with E-state index in [0.717, 1.165) is 11.1 Å². The van der Waals surface area contributed by atoms with Gasteiger partial charge in [-0.15, -0.1) is 0 Å². The van der Waals surface area contributed by atoms with Crippen LogP contribution in [-0.4, -0.2) is 18.0 Å². The fraction of sp³-hybridized carbons (Fsp3) is 0.125. The van der Waals surface area contributed by atoms with Crippen LogP contribution in [0.3, 0.4) is 0 Å². The average molecular weight is 274 g/mol.